The van der Waals surface area contributed by atoms with Gasteiger partial charge in [0.05, 0.1) is 4.90 Å². The first-order valence-corrected chi connectivity index (χ1v) is 7.45. The predicted molar refractivity (Wildman–Crippen MR) is 71.1 cm³/mol. The van der Waals surface area contributed by atoms with Gasteiger partial charge in [-0.15, -0.1) is 0 Å². The molecule has 0 atom stereocenters. The van der Waals surface area contributed by atoms with Crippen LogP contribution in [0.25, 0.3) is 0 Å². The van der Waals surface area contributed by atoms with Crippen LogP contribution in [0.15, 0.2) is 39.7 Å². The zero-order valence-corrected chi connectivity index (χ0v) is 11.5. The van der Waals surface area contributed by atoms with Crippen LogP contribution in [0.2, 0.25) is 0 Å². The van der Waals surface area contributed by atoms with Crippen molar-refractivity contribution >= 4 is 31.6 Å². The van der Waals surface area contributed by atoms with E-state index in [0.717, 1.165) is 6.42 Å². The van der Waals surface area contributed by atoms with E-state index in [-0.39, 0.29) is 4.90 Å². The Morgan fingerprint density at radius 1 is 1.29 bits per heavy atom. The van der Waals surface area contributed by atoms with E-state index in [2.05, 4.69) is 15.9 Å². The predicted octanol–water partition coefficient (Wildman–Crippen LogP) is 1.98. The third-order valence-electron chi connectivity index (χ3n) is 2.63. The number of nitrogens with zero attached hydrogens (tertiary/aromatic N) is 1. The fourth-order valence-electron chi connectivity index (χ4n) is 1.67. The molecule has 2 rings (SSSR count). The van der Waals surface area contributed by atoms with Crippen molar-refractivity contribution in [2.75, 3.05) is 18.8 Å². The lowest BCUT2D eigenvalue weighted by atomic mass is 10.3. The molecule has 92 valence electrons. The van der Waals surface area contributed by atoms with Crippen LogP contribution in [0.1, 0.15) is 6.42 Å². The van der Waals surface area contributed by atoms with Gasteiger partial charge in [0.15, 0.2) is 0 Å². The summed E-state index contributed by atoms with van der Waals surface area (Å²) in [7, 11) is -3.42. The van der Waals surface area contributed by atoms with Gasteiger partial charge in [-0.1, -0.05) is 12.2 Å². The second kappa shape index (κ2) is 4.80. The molecule has 1 aromatic rings. The third-order valence-corrected chi connectivity index (χ3v) is 5.21. The number of sulfonamides is 1. The Hall–Kier alpha value is -0.850. The summed E-state index contributed by atoms with van der Waals surface area (Å²) in [5, 5.41) is 0. The van der Waals surface area contributed by atoms with Gasteiger partial charge in [-0.3, -0.25) is 0 Å². The Bertz CT molecular complexity index is 555. The monoisotopic (exact) mass is 316 g/mol. The minimum atomic E-state index is -3.42. The van der Waals surface area contributed by atoms with Gasteiger partial charge in [0.2, 0.25) is 10.0 Å². The lowest BCUT2D eigenvalue weighted by Crippen LogP contribution is -2.33. The van der Waals surface area contributed by atoms with Gasteiger partial charge < -0.3 is 5.73 Å². The molecule has 0 unspecified atom stereocenters. The molecule has 1 aliphatic heterocycles. The highest BCUT2D eigenvalue weighted by Crippen LogP contribution is 2.25. The van der Waals surface area contributed by atoms with Crippen molar-refractivity contribution < 1.29 is 8.42 Å². The Morgan fingerprint density at radius 2 is 2.06 bits per heavy atom. The highest BCUT2D eigenvalue weighted by Gasteiger charge is 2.24. The summed E-state index contributed by atoms with van der Waals surface area (Å²) in [5.74, 6) is 0. The molecule has 0 spiro atoms. The number of hydrogen-bond acceptors (Lipinski definition) is 3. The maximum Gasteiger partial charge on any atom is 0.243 e. The molecule has 1 heterocycles. The lowest BCUT2D eigenvalue weighted by Gasteiger charge is -2.22. The van der Waals surface area contributed by atoms with Gasteiger partial charge in [-0.05, 0) is 40.5 Å². The number of halogens is 1. The molecule has 2 N–H and O–H groups in total. The fourth-order valence-corrected chi connectivity index (χ4v) is 3.36. The molecule has 4 nitrogen and oxygen atoms in total. The Morgan fingerprint density at radius 3 is 2.65 bits per heavy atom. The summed E-state index contributed by atoms with van der Waals surface area (Å²) in [6, 6.07) is 4.70. The smallest absolute Gasteiger partial charge is 0.243 e. The summed E-state index contributed by atoms with van der Waals surface area (Å²) >= 11 is 3.25. The van der Waals surface area contributed by atoms with E-state index < -0.39 is 10.0 Å². The van der Waals surface area contributed by atoms with E-state index >= 15 is 0 Å². The van der Waals surface area contributed by atoms with Crippen molar-refractivity contribution in [3.05, 3.63) is 34.8 Å². The first kappa shape index (κ1) is 12.6. The first-order chi connectivity index (χ1) is 8.01. The van der Waals surface area contributed by atoms with Crippen molar-refractivity contribution in [2.24, 2.45) is 0 Å². The quantitative estimate of drug-likeness (QED) is 0.670. The van der Waals surface area contributed by atoms with Crippen molar-refractivity contribution in [3.63, 3.8) is 0 Å². The number of rotatable bonds is 2. The second-order valence-electron chi connectivity index (χ2n) is 3.81. The van der Waals surface area contributed by atoms with Crippen molar-refractivity contribution in [1.29, 1.82) is 0 Å². The van der Waals surface area contributed by atoms with E-state index in [1.54, 1.807) is 12.1 Å². The highest BCUT2D eigenvalue weighted by molar-refractivity contribution is 9.10. The van der Waals surface area contributed by atoms with Crippen molar-refractivity contribution in [3.8, 4) is 0 Å². The Labute approximate surface area is 109 Å². The molecule has 0 saturated heterocycles. The van der Waals surface area contributed by atoms with Gasteiger partial charge >= 0.3 is 0 Å². The van der Waals surface area contributed by atoms with Gasteiger partial charge in [-0.25, -0.2) is 8.42 Å². The average molecular weight is 317 g/mol. The molecule has 1 aromatic carbocycles. The van der Waals surface area contributed by atoms with E-state index in [4.69, 9.17) is 5.73 Å². The van der Waals surface area contributed by atoms with E-state index in [0.29, 0.717) is 23.2 Å². The van der Waals surface area contributed by atoms with Gasteiger partial charge in [0.1, 0.15) is 0 Å². The van der Waals surface area contributed by atoms with Crippen molar-refractivity contribution in [1.82, 2.24) is 4.31 Å². The van der Waals surface area contributed by atoms with Crippen LogP contribution in [0.5, 0.6) is 0 Å². The molecule has 0 radical (unpaired) electrons. The summed E-state index contributed by atoms with van der Waals surface area (Å²) in [6.45, 7) is 0.951. The molecule has 0 aliphatic carbocycles. The zero-order valence-electron chi connectivity index (χ0n) is 9.14. The number of nitrogens with two attached hydrogens (primary N) is 1. The first-order valence-electron chi connectivity index (χ1n) is 5.22. The van der Waals surface area contributed by atoms with E-state index in [9.17, 15) is 8.42 Å². The summed E-state index contributed by atoms with van der Waals surface area (Å²) in [6.07, 6.45) is 4.61. The number of nitrogen functional groups attached to an aromatic ring is 1. The van der Waals surface area contributed by atoms with Crippen LogP contribution < -0.4 is 5.73 Å². The molecule has 0 fully saturated rings. The minimum Gasteiger partial charge on any atom is -0.398 e. The van der Waals surface area contributed by atoms with Crippen LogP contribution in [0.3, 0.4) is 0 Å². The van der Waals surface area contributed by atoms with Crippen LogP contribution >= 0.6 is 15.9 Å². The molecule has 0 amide bonds. The zero-order chi connectivity index (χ0) is 12.5. The summed E-state index contributed by atoms with van der Waals surface area (Å²) in [4.78, 5) is 0.244. The van der Waals surface area contributed by atoms with E-state index in [1.807, 2.05) is 12.2 Å². The molecular weight excluding hydrogens is 304 g/mol. The molecule has 0 saturated carbocycles. The van der Waals surface area contributed by atoms with Crippen LogP contribution in [0, 0.1) is 0 Å². The maximum atomic E-state index is 12.3. The van der Waals surface area contributed by atoms with Gasteiger partial charge in [0.25, 0.3) is 0 Å². The molecule has 0 bridgehead atoms. The highest BCUT2D eigenvalue weighted by atomic mass is 79.9. The number of hydrogen-bond donors (Lipinski definition) is 1. The molecule has 1 aliphatic rings. The maximum absolute atomic E-state index is 12.3. The Kier molecular flexibility index (Phi) is 3.56. The molecule has 6 heteroatoms. The SMILES string of the molecule is Nc1cc(S(=O)(=O)N2CC=CCC2)ccc1Br. The fraction of sp³-hybridized carbons (Fsp3) is 0.273. The van der Waals surface area contributed by atoms with Gasteiger partial charge in [-0.2, -0.15) is 4.31 Å². The van der Waals surface area contributed by atoms with Crippen LogP contribution in [-0.4, -0.2) is 25.8 Å². The van der Waals surface area contributed by atoms with Crippen LogP contribution in [-0.2, 0) is 10.0 Å². The summed E-state index contributed by atoms with van der Waals surface area (Å²) < 4.78 is 26.7. The Balaban J connectivity index is 2.37. The van der Waals surface area contributed by atoms with Gasteiger partial charge in [0, 0.05) is 23.2 Å². The third kappa shape index (κ3) is 2.53. The van der Waals surface area contributed by atoms with E-state index in [1.165, 1.54) is 10.4 Å². The summed E-state index contributed by atoms with van der Waals surface area (Å²) in [5.41, 5.74) is 6.13. The minimum absolute atomic E-state index is 0.244. The largest absolute Gasteiger partial charge is 0.398 e. The molecule has 17 heavy (non-hydrogen) atoms. The normalized spacial score (nSPS) is 17.2. The average Bonchev–Trinajstić information content (AvgIpc) is 2.33. The van der Waals surface area contributed by atoms with Crippen molar-refractivity contribution in [2.45, 2.75) is 11.3 Å². The standard InChI is InChI=1S/C11H13BrN2O2S/c12-10-5-4-9(8-11(10)13)17(15,16)14-6-2-1-3-7-14/h1-2,4-5,8H,3,6-7,13H2. The molecule has 0 aromatic heterocycles. The second-order valence-corrected chi connectivity index (χ2v) is 6.60. The lowest BCUT2D eigenvalue weighted by molar-refractivity contribution is 0.437. The number of anilines is 1. The topological polar surface area (TPSA) is 63.4 Å². The van der Waals surface area contributed by atoms with Crippen LogP contribution in [0.4, 0.5) is 5.69 Å². The number of benzene rings is 1. The molecular formula is C11H13BrN2O2S.